The van der Waals surface area contributed by atoms with Crippen LogP contribution in [0.25, 0.3) is 4.85 Å². The molecule has 0 N–H and O–H groups in total. The van der Waals surface area contributed by atoms with Crippen LogP contribution in [0.15, 0.2) is 18.2 Å². The number of rotatable bonds is 3. The maximum Gasteiger partial charge on any atom is 0.310 e. The van der Waals surface area contributed by atoms with Gasteiger partial charge < -0.3 is 9.58 Å². The Morgan fingerprint density at radius 3 is 2.86 bits per heavy atom. The molecule has 0 unspecified atom stereocenters. The molecule has 0 bridgehead atoms. The summed E-state index contributed by atoms with van der Waals surface area (Å²) in [6.07, 6.45) is 0. The van der Waals surface area contributed by atoms with Gasteiger partial charge in [0.15, 0.2) is 5.75 Å². The topological polar surface area (TPSA) is 56.7 Å². The van der Waals surface area contributed by atoms with Gasteiger partial charge >= 0.3 is 5.69 Å². The smallest absolute Gasteiger partial charge is 0.310 e. The third-order valence-electron chi connectivity index (χ3n) is 1.70. The summed E-state index contributed by atoms with van der Waals surface area (Å²) < 4.78 is 4.85. The normalized spacial score (nSPS) is 9.14. The SMILES string of the molecule is [C-]#[N+]Cc1ccc([N+](=O)[O-])c(OC)c1. The molecule has 1 aromatic carbocycles. The molecule has 1 aromatic rings. The van der Waals surface area contributed by atoms with Crippen molar-refractivity contribution in [2.24, 2.45) is 0 Å². The first kappa shape index (κ1) is 9.99. The number of nitro benzene ring substituents is 1. The van der Waals surface area contributed by atoms with Crippen molar-refractivity contribution in [3.63, 3.8) is 0 Å². The molecule has 5 nitrogen and oxygen atoms in total. The molecule has 14 heavy (non-hydrogen) atoms. The van der Waals surface area contributed by atoms with E-state index in [9.17, 15) is 10.1 Å². The van der Waals surface area contributed by atoms with E-state index in [0.717, 1.165) is 0 Å². The summed E-state index contributed by atoms with van der Waals surface area (Å²) in [7, 11) is 1.37. The fourth-order valence-electron chi connectivity index (χ4n) is 1.06. The van der Waals surface area contributed by atoms with Crippen molar-refractivity contribution in [3.8, 4) is 5.75 Å². The Morgan fingerprint density at radius 2 is 2.36 bits per heavy atom. The van der Waals surface area contributed by atoms with Crippen LogP contribution in [-0.4, -0.2) is 12.0 Å². The fourth-order valence-corrected chi connectivity index (χ4v) is 1.06. The Bertz CT molecular complexity index is 396. The van der Waals surface area contributed by atoms with Gasteiger partial charge in [-0.05, 0) is 12.1 Å². The minimum Gasteiger partial charge on any atom is -0.490 e. The zero-order valence-electron chi connectivity index (χ0n) is 7.56. The summed E-state index contributed by atoms with van der Waals surface area (Å²) in [6.45, 7) is 6.86. The molecule has 5 heteroatoms. The van der Waals surface area contributed by atoms with Crippen molar-refractivity contribution in [1.82, 2.24) is 0 Å². The van der Waals surface area contributed by atoms with E-state index >= 15 is 0 Å². The predicted octanol–water partition coefficient (Wildman–Crippen LogP) is 2.02. The van der Waals surface area contributed by atoms with Crippen LogP contribution < -0.4 is 4.74 Å². The molecule has 0 radical (unpaired) electrons. The molecule has 0 saturated carbocycles. The van der Waals surface area contributed by atoms with Crippen LogP contribution in [0.2, 0.25) is 0 Å². The molecule has 0 amide bonds. The van der Waals surface area contributed by atoms with Gasteiger partial charge in [0.25, 0.3) is 0 Å². The lowest BCUT2D eigenvalue weighted by Gasteiger charge is -2.01. The van der Waals surface area contributed by atoms with Crippen LogP contribution >= 0.6 is 0 Å². The van der Waals surface area contributed by atoms with E-state index in [4.69, 9.17) is 11.3 Å². The van der Waals surface area contributed by atoms with Crippen molar-refractivity contribution in [1.29, 1.82) is 0 Å². The lowest BCUT2D eigenvalue weighted by Crippen LogP contribution is -1.94. The van der Waals surface area contributed by atoms with E-state index in [2.05, 4.69) is 4.85 Å². The van der Waals surface area contributed by atoms with E-state index in [1.807, 2.05) is 0 Å². The molecular weight excluding hydrogens is 184 g/mol. The minimum atomic E-state index is -0.513. The van der Waals surface area contributed by atoms with Crippen LogP contribution in [0.5, 0.6) is 5.75 Å². The first-order chi connectivity index (χ1) is 6.69. The van der Waals surface area contributed by atoms with E-state index in [-0.39, 0.29) is 18.0 Å². The Labute approximate surface area is 80.9 Å². The molecule has 1 rings (SSSR count). The van der Waals surface area contributed by atoms with Gasteiger partial charge in [0.1, 0.15) is 0 Å². The molecule has 0 saturated heterocycles. The third-order valence-corrected chi connectivity index (χ3v) is 1.70. The van der Waals surface area contributed by atoms with Crippen molar-refractivity contribution in [3.05, 3.63) is 45.3 Å². The predicted molar refractivity (Wildman–Crippen MR) is 50.0 cm³/mol. The number of nitrogens with zero attached hydrogens (tertiary/aromatic N) is 2. The second-order valence-electron chi connectivity index (χ2n) is 2.58. The molecule has 0 fully saturated rings. The Morgan fingerprint density at radius 1 is 1.64 bits per heavy atom. The van der Waals surface area contributed by atoms with Crippen LogP contribution in [0.1, 0.15) is 5.56 Å². The number of hydrogen-bond acceptors (Lipinski definition) is 3. The molecule has 0 aliphatic carbocycles. The molecule has 0 aliphatic heterocycles. The summed E-state index contributed by atoms with van der Waals surface area (Å²) in [4.78, 5) is 13.2. The zero-order chi connectivity index (χ0) is 10.6. The Kier molecular flexibility index (Phi) is 3.02. The molecule has 0 spiro atoms. The third kappa shape index (κ3) is 1.98. The first-order valence-corrected chi connectivity index (χ1v) is 3.83. The van der Waals surface area contributed by atoms with Crippen LogP contribution in [-0.2, 0) is 6.54 Å². The quantitative estimate of drug-likeness (QED) is 0.418. The van der Waals surface area contributed by atoms with Gasteiger partial charge in [-0.15, -0.1) is 0 Å². The monoisotopic (exact) mass is 192 g/mol. The molecule has 0 heterocycles. The average molecular weight is 192 g/mol. The van der Waals surface area contributed by atoms with E-state index in [1.54, 1.807) is 6.07 Å². The lowest BCUT2D eigenvalue weighted by molar-refractivity contribution is -0.385. The van der Waals surface area contributed by atoms with Crippen molar-refractivity contribution in [2.75, 3.05) is 7.11 Å². The Balaban J connectivity index is 3.12. The molecule has 0 aliphatic rings. The zero-order valence-corrected chi connectivity index (χ0v) is 7.56. The van der Waals surface area contributed by atoms with Gasteiger partial charge in [0, 0.05) is 11.6 Å². The number of nitro groups is 1. The largest absolute Gasteiger partial charge is 0.490 e. The second kappa shape index (κ2) is 4.23. The van der Waals surface area contributed by atoms with Crippen LogP contribution in [0, 0.1) is 16.7 Å². The number of ether oxygens (including phenoxy) is 1. The lowest BCUT2D eigenvalue weighted by atomic mass is 10.2. The van der Waals surface area contributed by atoms with Gasteiger partial charge in [-0.25, -0.2) is 6.57 Å². The van der Waals surface area contributed by atoms with Gasteiger partial charge in [0.2, 0.25) is 6.54 Å². The summed E-state index contributed by atoms with van der Waals surface area (Å²) in [5.74, 6) is 0.191. The van der Waals surface area contributed by atoms with E-state index in [1.165, 1.54) is 19.2 Å². The summed E-state index contributed by atoms with van der Waals surface area (Å²) in [5.41, 5.74) is 0.628. The van der Waals surface area contributed by atoms with E-state index in [0.29, 0.717) is 5.56 Å². The highest BCUT2D eigenvalue weighted by atomic mass is 16.6. The minimum absolute atomic E-state index is 0.0822. The highest BCUT2D eigenvalue weighted by molar-refractivity contribution is 5.48. The summed E-state index contributed by atoms with van der Waals surface area (Å²) in [6, 6.07) is 4.41. The Hall–Kier alpha value is -2.09. The van der Waals surface area contributed by atoms with Gasteiger partial charge in [-0.1, -0.05) is 0 Å². The summed E-state index contributed by atoms with van der Waals surface area (Å²) in [5, 5.41) is 10.5. The van der Waals surface area contributed by atoms with Crippen molar-refractivity contribution < 1.29 is 9.66 Å². The summed E-state index contributed by atoms with van der Waals surface area (Å²) >= 11 is 0. The number of methoxy groups -OCH3 is 1. The van der Waals surface area contributed by atoms with Gasteiger partial charge in [-0.3, -0.25) is 10.1 Å². The second-order valence-corrected chi connectivity index (χ2v) is 2.58. The van der Waals surface area contributed by atoms with Crippen molar-refractivity contribution >= 4 is 5.69 Å². The molecule has 0 aromatic heterocycles. The van der Waals surface area contributed by atoms with E-state index < -0.39 is 4.92 Å². The van der Waals surface area contributed by atoms with Crippen molar-refractivity contribution in [2.45, 2.75) is 6.54 Å². The van der Waals surface area contributed by atoms with Crippen LogP contribution in [0.4, 0.5) is 5.69 Å². The maximum atomic E-state index is 10.5. The van der Waals surface area contributed by atoms with Gasteiger partial charge in [0.05, 0.1) is 12.0 Å². The number of hydrogen-bond donors (Lipinski definition) is 0. The van der Waals surface area contributed by atoms with Crippen LogP contribution in [0.3, 0.4) is 0 Å². The first-order valence-electron chi connectivity index (χ1n) is 3.83. The van der Waals surface area contributed by atoms with Gasteiger partial charge in [-0.2, -0.15) is 0 Å². The highest BCUT2D eigenvalue weighted by Crippen LogP contribution is 2.27. The maximum absolute atomic E-state index is 10.5. The average Bonchev–Trinajstić information content (AvgIpc) is 2.17. The molecule has 72 valence electrons. The fraction of sp³-hybridized carbons (Fsp3) is 0.222. The number of benzene rings is 1. The highest BCUT2D eigenvalue weighted by Gasteiger charge is 2.14. The standard InChI is InChI=1S/C9H8N2O3/c1-10-6-7-3-4-8(11(12)13)9(5-7)14-2/h3-5H,6H2,2H3. The molecule has 0 atom stereocenters. The molecular formula is C9H8N2O3.